The number of thioether (sulfide) groups is 1. The van der Waals surface area contributed by atoms with E-state index in [1.54, 1.807) is 34.9 Å². The number of aromatic nitrogens is 1. The Morgan fingerprint density at radius 1 is 1.06 bits per heavy atom. The molecule has 3 aromatic rings. The maximum Gasteiger partial charge on any atom is 0.228 e. The number of hydrogen-bond acceptors (Lipinski definition) is 7. The molecule has 0 atom stereocenters. The van der Waals surface area contributed by atoms with Crippen LogP contribution in [0.15, 0.2) is 58.3 Å². The summed E-state index contributed by atoms with van der Waals surface area (Å²) < 4.78 is 24.6. The van der Waals surface area contributed by atoms with Gasteiger partial charge in [-0.15, -0.1) is 11.8 Å². The largest absolute Gasteiger partial charge is 0.302 e. The highest BCUT2D eigenvalue weighted by Crippen LogP contribution is 2.31. The maximum absolute atomic E-state index is 13.2. The van der Waals surface area contributed by atoms with E-state index in [0.29, 0.717) is 23.6 Å². The molecule has 178 valence electrons. The quantitative estimate of drug-likeness (QED) is 0.256. The molecule has 1 heterocycles. The predicted octanol–water partition coefficient (Wildman–Crippen LogP) is 4.95. The van der Waals surface area contributed by atoms with Gasteiger partial charge in [-0.05, 0) is 55.6 Å². The van der Waals surface area contributed by atoms with Gasteiger partial charge < -0.3 is 4.90 Å². The van der Waals surface area contributed by atoms with Crippen molar-refractivity contribution in [1.82, 2.24) is 9.88 Å². The monoisotopic (exact) mass is 505 g/mol. The molecule has 0 aliphatic carbocycles. The number of hydrogen-bond donors (Lipinski definition) is 0. The first-order chi connectivity index (χ1) is 15.8. The van der Waals surface area contributed by atoms with Crippen molar-refractivity contribution in [3.8, 4) is 0 Å². The van der Waals surface area contributed by atoms with Gasteiger partial charge in [0, 0.05) is 30.7 Å². The third kappa shape index (κ3) is 7.27. The van der Waals surface area contributed by atoms with E-state index in [4.69, 9.17) is 0 Å². The van der Waals surface area contributed by atoms with Crippen molar-refractivity contribution in [1.29, 1.82) is 0 Å². The Labute approximate surface area is 204 Å². The van der Waals surface area contributed by atoms with Gasteiger partial charge in [0.25, 0.3) is 0 Å². The van der Waals surface area contributed by atoms with Crippen molar-refractivity contribution in [3.63, 3.8) is 0 Å². The highest BCUT2D eigenvalue weighted by molar-refractivity contribution is 7.99. The lowest BCUT2D eigenvalue weighted by Crippen LogP contribution is -2.38. The summed E-state index contributed by atoms with van der Waals surface area (Å²) in [6, 6.07) is 15.1. The number of thiazole rings is 1. The molecule has 0 radical (unpaired) electrons. The van der Waals surface area contributed by atoms with E-state index >= 15 is 0 Å². The average molecular weight is 506 g/mol. The smallest absolute Gasteiger partial charge is 0.228 e. The van der Waals surface area contributed by atoms with Gasteiger partial charge in [0.1, 0.15) is 0 Å². The first kappa shape index (κ1) is 25.7. The molecule has 0 bridgehead atoms. The van der Waals surface area contributed by atoms with E-state index in [2.05, 4.69) is 35.9 Å². The van der Waals surface area contributed by atoms with Gasteiger partial charge in [-0.3, -0.25) is 9.69 Å². The second kappa shape index (κ2) is 12.0. The molecule has 0 spiro atoms. The number of benzene rings is 2. The van der Waals surface area contributed by atoms with Crippen molar-refractivity contribution < 1.29 is 13.2 Å². The fraction of sp³-hybridized carbons (Fsp3) is 0.417. The van der Waals surface area contributed by atoms with E-state index in [0.717, 1.165) is 36.5 Å². The van der Waals surface area contributed by atoms with Crippen molar-refractivity contribution in [2.45, 2.75) is 36.5 Å². The molecule has 0 N–H and O–H groups in total. The number of carbonyl (C=O) groups excluding carboxylic acids is 1. The highest BCUT2D eigenvalue weighted by Gasteiger charge is 2.21. The van der Waals surface area contributed by atoms with Crippen LogP contribution in [0.2, 0.25) is 0 Å². The summed E-state index contributed by atoms with van der Waals surface area (Å²) in [7, 11) is -3.30. The van der Waals surface area contributed by atoms with Gasteiger partial charge in [0.15, 0.2) is 15.0 Å². The van der Waals surface area contributed by atoms with E-state index in [-0.39, 0.29) is 10.8 Å². The minimum absolute atomic E-state index is 0.0539. The van der Waals surface area contributed by atoms with Gasteiger partial charge in [-0.25, -0.2) is 13.4 Å². The number of sulfone groups is 1. The van der Waals surface area contributed by atoms with E-state index < -0.39 is 9.84 Å². The zero-order valence-electron chi connectivity index (χ0n) is 19.4. The number of carbonyl (C=O) groups is 1. The molecule has 0 saturated carbocycles. The van der Waals surface area contributed by atoms with E-state index in [1.165, 1.54) is 22.5 Å². The van der Waals surface area contributed by atoms with Crippen LogP contribution in [0.25, 0.3) is 10.2 Å². The zero-order chi connectivity index (χ0) is 23.8. The normalized spacial score (nSPS) is 11.9. The van der Waals surface area contributed by atoms with E-state index in [9.17, 15) is 13.2 Å². The SMILES string of the molecule is CCN(CC)CCN(C(=O)CCCSc1ccccc1)c1nc2ccc(S(C)(=O)=O)cc2s1. The van der Waals surface area contributed by atoms with Crippen LogP contribution in [0.3, 0.4) is 0 Å². The lowest BCUT2D eigenvalue weighted by molar-refractivity contribution is -0.118. The van der Waals surface area contributed by atoms with Crippen LogP contribution in [0.1, 0.15) is 26.7 Å². The van der Waals surface area contributed by atoms with Crippen LogP contribution in [0.4, 0.5) is 5.13 Å². The number of likely N-dealkylation sites (N-methyl/N-ethyl adjacent to an activating group) is 1. The molecule has 2 aromatic carbocycles. The number of anilines is 1. The molecule has 1 aromatic heterocycles. The molecule has 0 unspecified atom stereocenters. The summed E-state index contributed by atoms with van der Waals surface area (Å²) >= 11 is 3.13. The summed E-state index contributed by atoms with van der Waals surface area (Å²) in [6.45, 7) is 7.39. The van der Waals surface area contributed by atoms with Gasteiger partial charge >= 0.3 is 0 Å². The van der Waals surface area contributed by atoms with Gasteiger partial charge in [0.05, 0.1) is 15.1 Å². The molecule has 0 saturated heterocycles. The summed E-state index contributed by atoms with van der Waals surface area (Å²) in [5.41, 5.74) is 0.711. The Hall–Kier alpha value is -1.94. The maximum atomic E-state index is 13.2. The number of rotatable bonds is 12. The van der Waals surface area contributed by atoms with Crippen LogP contribution < -0.4 is 4.90 Å². The Bertz CT molecular complexity index is 1160. The molecule has 0 aliphatic rings. The molecular formula is C24H31N3O3S3. The fourth-order valence-electron chi connectivity index (χ4n) is 3.41. The molecule has 6 nitrogen and oxygen atoms in total. The molecule has 1 amide bonds. The molecule has 0 fully saturated rings. The van der Waals surface area contributed by atoms with Gasteiger partial charge in [-0.1, -0.05) is 43.4 Å². The van der Waals surface area contributed by atoms with Crippen LogP contribution >= 0.6 is 23.1 Å². The number of amides is 1. The molecule has 9 heteroatoms. The average Bonchev–Trinajstić information content (AvgIpc) is 3.22. The summed E-state index contributed by atoms with van der Waals surface area (Å²) in [5.74, 6) is 0.926. The second-order valence-electron chi connectivity index (χ2n) is 7.74. The standard InChI is InChI=1S/C24H31N3O3S3/c1-4-26(5-2)15-16-27(23(28)12-9-17-31-19-10-7-6-8-11-19)24-25-21-14-13-20(33(3,29)30)18-22(21)32-24/h6-8,10-11,13-14,18H,4-5,9,12,15-17H2,1-3H3. The van der Waals surface area contributed by atoms with Crippen molar-refractivity contribution in [2.24, 2.45) is 0 Å². The molecular weight excluding hydrogens is 474 g/mol. The number of nitrogens with zero attached hydrogens (tertiary/aromatic N) is 3. The molecule has 3 rings (SSSR count). The van der Waals surface area contributed by atoms with Crippen LogP contribution in [-0.4, -0.2) is 62.4 Å². The minimum Gasteiger partial charge on any atom is -0.302 e. The Kier molecular flexibility index (Phi) is 9.31. The Morgan fingerprint density at radius 2 is 1.79 bits per heavy atom. The first-order valence-corrected chi connectivity index (χ1v) is 14.8. The summed E-state index contributed by atoms with van der Waals surface area (Å²) in [6.07, 6.45) is 2.43. The molecule has 0 aliphatic heterocycles. The minimum atomic E-state index is -3.30. The van der Waals surface area contributed by atoms with Crippen LogP contribution in [0.5, 0.6) is 0 Å². The Balaban J connectivity index is 1.74. The van der Waals surface area contributed by atoms with Crippen LogP contribution in [-0.2, 0) is 14.6 Å². The number of fused-ring (bicyclic) bond motifs is 1. The highest BCUT2D eigenvalue weighted by atomic mass is 32.2. The lowest BCUT2D eigenvalue weighted by Gasteiger charge is -2.24. The lowest BCUT2D eigenvalue weighted by atomic mass is 10.3. The third-order valence-electron chi connectivity index (χ3n) is 5.39. The van der Waals surface area contributed by atoms with Crippen LogP contribution in [0, 0.1) is 0 Å². The van der Waals surface area contributed by atoms with Gasteiger partial charge in [-0.2, -0.15) is 0 Å². The fourth-order valence-corrected chi connectivity index (χ4v) is 6.06. The first-order valence-electron chi connectivity index (χ1n) is 11.1. The third-order valence-corrected chi connectivity index (χ3v) is 8.64. The van der Waals surface area contributed by atoms with E-state index in [1.807, 2.05) is 18.2 Å². The van der Waals surface area contributed by atoms with Crippen molar-refractivity contribution in [3.05, 3.63) is 48.5 Å². The predicted molar refractivity (Wildman–Crippen MR) is 139 cm³/mol. The zero-order valence-corrected chi connectivity index (χ0v) is 21.8. The molecule has 33 heavy (non-hydrogen) atoms. The second-order valence-corrected chi connectivity index (χ2v) is 11.9. The van der Waals surface area contributed by atoms with Crippen molar-refractivity contribution >= 4 is 54.2 Å². The van der Waals surface area contributed by atoms with Crippen molar-refractivity contribution in [2.75, 3.05) is 43.1 Å². The Morgan fingerprint density at radius 3 is 2.45 bits per heavy atom. The summed E-state index contributed by atoms with van der Waals surface area (Å²) in [5, 5.41) is 0.628. The van der Waals surface area contributed by atoms with Gasteiger partial charge in [0.2, 0.25) is 5.91 Å². The topological polar surface area (TPSA) is 70.6 Å². The summed E-state index contributed by atoms with van der Waals surface area (Å²) in [4.78, 5) is 23.4.